The van der Waals surface area contributed by atoms with Crippen molar-refractivity contribution < 1.29 is 22.3 Å². The van der Waals surface area contributed by atoms with Crippen molar-refractivity contribution in [3.8, 4) is 5.75 Å². The van der Waals surface area contributed by atoms with Crippen LogP contribution in [0.4, 0.5) is 4.39 Å². The molecule has 1 fully saturated rings. The van der Waals surface area contributed by atoms with E-state index in [1.54, 1.807) is 11.0 Å². The first kappa shape index (κ1) is 19.8. The minimum Gasteiger partial charge on any atom is -0.463 e. The Bertz CT molecular complexity index is 1060. The van der Waals surface area contributed by atoms with E-state index < -0.39 is 22.4 Å². The molecule has 0 aliphatic carbocycles. The van der Waals surface area contributed by atoms with Crippen LogP contribution in [0.2, 0.25) is 0 Å². The van der Waals surface area contributed by atoms with Gasteiger partial charge in [0.2, 0.25) is 16.9 Å². The van der Waals surface area contributed by atoms with Gasteiger partial charge in [0.15, 0.2) is 0 Å². The number of halogens is 1. The maximum Gasteiger partial charge on any atom is 0.254 e. The molecule has 1 aromatic carbocycles. The van der Waals surface area contributed by atoms with Crippen LogP contribution in [0.5, 0.6) is 5.75 Å². The van der Waals surface area contributed by atoms with Crippen molar-refractivity contribution >= 4 is 21.6 Å². The smallest absolute Gasteiger partial charge is 0.254 e. The van der Waals surface area contributed by atoms with Crippen LogP contribution >= 0.6 is 0 Å². The van der Waals surface area contributed by atoms with Gasteiger partial charge >= 0.3 is 0 Å². The van der Waals surface area contributed by atoms with Gasteiger partial charge in [0, 0.05) is 37.0 Å². The lowest BCUT2D eigenvalue weighted by atomic mass is 9.89. The topological polar surface area (TPSA) is 79.3 Å². The molecule has 1 unspecified atom stereocenters. The maximum absolute atomic E-state index is 13.3. The molecular formula is C20H22FN3O4S. The second kappa shape index (κ2) is 7.07. The van der Waals surface area contributed by atoms with Crippen LogP contribution in [-0.4, -0.2) is 67.8 Å². The molecule has 3 heterocycles. The van der Waals surface area contributed by atoms with Crippen molar-refractivity contribution in [3.63, 3.8) is 0 Å². The average molecular weight is 419 g/mol. The first-order valence-corrected chi connectivity index (χ1v) is 10.7. The molecule has 1 atom stereocenters. The van der Waals surface area contributed by atoms with E-state index in [9.17, 15) is 17.6 Å². The minimum absolute atomic E-state index is 0.0358. The number of fused-ring (bicyclic) bond motifs is 2. The summed E-state index contributed by atoms with van der Waals surface area (Å²) >= 11 is 0. The third kappa shape index (κ3) is 3.18. The summed E-state index contributed by atoms with van der Waals surface area (Å²) in [6.07, 6.45) is 3.59. The standard InChI is InChI=1S/C20H22FN3O4S/c1-14-6-7-17-18(11-22-14)20(2)12-23(8-9-24(20)19(17)25)29(26,27)16-5-3-4-15(10-16)28-13-21/h3-7,10H,8-9,11-13H2,1-2H3. The van der Waals surface area contributed by atoms with Crippen molar-refractivity contribution in [3.05, 3.63) is 47.6 Å². The molecule has 0 aromatic heterocycles. The highest BCUT2D eigenvalue weighted by Gasteiger charge is 2.52. The number of allylic oxidation sites excluding steroid dienone is 1. The number of carbonyl (C=O) groups is 1. The van der Waals surface area contributed by atoms with Crippen LogP contribution in [0.15, 0.2) is 57.5 Å². The normalized spacial score (nSPS) is 24.9. The first-order valence-electron chi connectivity index (χ1n) is 9.31. The van der Waals surface area contributed by atoms with Crippen LogP contribution in [0.25, 0.3) is 0 Å². The van der Waals surface area contributed by atoms with E-state index in [1.165, 1.54) is 28.6 Å². The van der Waals surface area contributed by atoms with Crippen LogP contribution in [0, 0.1) is 0 Å². The molecule has 1 aromatic rings. The zero-order chi connectivity index (χ0) is 20.8. The summed E-state index contributed by atoms with van der Waals surface area (Å²) < 4.78 is 45.2. The zero-order valence-electron chi connectivity index (χ0n) is 16.3. The van der Waals surface area contributed by atoms with Crippen LogP contribution in [0.3, 0.4) is 0 Å². The quantitative estimate of drug-likeness (QED) is 0.747. The third-order valence-corrected chi connectivity index (χ3v) is 7.59. The summed E-state index contributed by atoms with van der Waals surface area (Å²) in [7, 11) is -3.84. The fraction of sp³-hybridized carbons (Fsp3) is 0.400. The molecule has 1 saturated heterocycles. The third-order valence-electron chi connectivity index (χ3n) is 5.75. The summed E-state index contributed by atoms with van der Waals surface area (Å²) in [4.78, 5) is 19.2. The number of alkyl halides is 1. The number of carbonyl (C=O) groups excluding carboxylic acids is 1. The molecule has 0 saturated carbocycles. The van der Waals surface area contributed by atoms with Gasteiger partial charge in [-0.2, -0.15) is 4.31 Å². The second-order valence-electron chi connectivity index (χ2n) is 7.48. The van der Waals surface area contributed by atoms with Crippen molar-refractivity contribution in [1.82, 2.24) is 9.21 Å². The van der Waals surface area contributed by atoms with E-state index in [-0.39, 0.29) is 29.6 Å². The molecule has 0 bridgehead atoms. The number of rotatable bonds is 4. The van der Waals surface area contributed by atoms with Gasteiger partial charge in [-0.05, 0) is 43.7 Å². The number of nitrogens with zero attached hydrogens (tertiary/aromatic N) is 3. The number of ether oxygens (including phenoxy) is 1. The zero-order valence-corrected chi connectivity index (χ0v) is 17.1. The van der Waals surface area contributed by atoms with E-state index in [2.05, 4.69) is 4.99 Å². The van der Waals surface area contributed by atoms with Gasteiger partial charge in [-0.1, -0.05) is 6.07 Å². The number of hydrogen-bond donors (Lipinski definition) is 0. The first-order chi connectivity index (χ1) is 13.8. The number of sulfonamides is 1. The Morgan fingerprint density at radius 3 is 2.83 bits per heavy atom. The Labute approximate surface area is 169 Å². The molecule has 0 N–H and O–H groups in total. The number of amides is 1. The van der Waals surface area contributed by atoms with E-state index in [1.807, 2.05) is 19.9 Å². The minimum atomic E-state index is -3.84. The highest BCUT2D eigenvalue weighted by Crippen LogP contribution is 2.41. The van der Waals surface area contributed by atoms with Gasteiger partial charge < -0.3 is 9.64 Å². The molecule has 29 heavy (non-hydrogen) atoms. The summed E-state index contributed by atoms with van der Waals surface area (Å²) in [5.74, 6) is 0.0669. The lowest BCUT2D eigenvalue weighted by Crippen LogP contribution is -2.61. The molecule has 1 amide bonds. The Hall–Kier alpha value is -2.52. The fourth-order valence-corrected chi connectivity index (χ4v) is 5.70. The Morgan fingerprint density at radius 2 is 2.07 bits per heavy atom. The Balaban J connectivity index is 1.68. The maximum atomic E-state index is 13.3. The van der Waals surface area contributed by atoms with Crippen LogP contribution in [-0.2, 0) is 14.8 Å². The second-order valence-corrected chi connectivity index (χ2v) is 9.42. The monoisotopic (exact) mass is 419 g/mol. The fourth-order valence-electron chi connectivity index (χ4n) is 4.14. The van der Waals surface area contributed by atoms with Crippen molar-refractivity contribution in [2.75, 3.05) is 33.0 Å². The molecule has 9 heteroatoms. The lowest BCUT2D eigenvalue weighted by Gasteiger charge is -2.45. The molecule has 7 nitrogen and oxygen atoms in total. The highest BCUT2D eigenvalue weighted by molar-refractivity contribution is 7.89. The van der Waals surface area contributed by atoms with Crippen LogP contribution < -0.4 is 4.74 Å². The molecule has 3 aliphatic heterocycles. The van der Waals surface area contributed by atoms with Crippen molar-refractivity contribution in [1.29, 1.82) is 0 Å². The summed E-state index contributed by atoms with van der Waals surface area (Å²) in [5.41, 5.74) is 1.51. The van der Waals surface area contributed by atoms with Gasteiger partial charge in [0.25, 0.3) is 5.91 Å². The van der Waals surface area contributed by atoms with Crippen LogP contribution in [0.1, 0.15) is 13.8 Å². The predicted octanol–water partition coefficient (Wildman–Crippen LogP) is 1.92. The molecule has 0 radical (unpaired) electrons. The average Bonchev–Trinajstić information content (AvgIpc) is 2.80. The SMILES string of the molecule is CC1=NCC2=C(C=C1)C(=O)N1CCN(S(=O)(=O)c3cccc(OCF)c3)CC21C. The van der Waals surface area contributed by atoms with Gasteiger partial charge in [-0.25, -0.2) is 12.8 Å². The van der Waals surface area contributed by atoms with Crippen molar-refractivity contribution in [2.45, 2.75) is 24.3 Å². The molecular weight excluding hydrogens is 397 g/mol. The largest absolute Gasteiger partial charge is 0.463 e. The molecule has 3 aliphatic rings. The number of benzene rings is 1. The van der Waals surface area contributed by atoms with Gasteiger partial charge in [0.05, 0.1) is 17.0 Å². The summed E-state index contributed by atoms with van der Waals surface area (Å²) in [6.45, 7) is 3.70. The van der Waals surface area contributed by atoms with Crippen molar-refractivity contribution in [2.24, 2.45) is 4.99 Å². The number of aliphatic imine (C=N–C) groups is 1. The van der Waals surface area contributed by atoms with Gasteiger partial charge in [0.1, 0.15) is 5.75 Å². The molecule has 154 valence electrons. The van der Waals surface area contributed by atoms with Gasteiger partial charge in [-0.3, -0.25) is 9.79 Å². The number of piperazine rings is 1. The van der Waals surface area contributed by atoms with E-state index in [0.717, 1.165) is 11.3 Å². The van der Waals surface area contributed by atoms with Gasteiger partial charge in [-0.15, -0.1) is 0 Å². The molecule has 0 spiro atoms. The van der Waals surface area contributed by atoms with E-state index in [0.29, 0.717) is 18.7 Å². The molecule has 4 rings (SSSR count). The Kier molecular flexibility index (Phi) is 4.82. The number of hydrogen-bond acceptors (Lipinski definition) is 5. The Morgan fingerprint density at radius 1 is 1.28 bits per heavy atom. The summed E-state index contributed by atoms with van der Waals surface area (Å²) in [5, 5.41) is 0. The highest BCUT2D eigenvalue weighted by atomic mass is 32.2. The lowest BCUT2D eigenvalue weighted by molar-refractivity contribution is -0.131. The summed E-state index contributed by atoms with van der Waals surface area (Å²) in [6, 6.07) is 5.80. The predicted molar refractivity (Wildman–Crippen MR) is 106 cm³/mol. The van der Waals surface area contributed by atoms with E-state index >= 15 is 0 Å². The van der Waals surface area contributed by atoms with E-state index in [4.69, 9.17) is 4.74 Å².